The Morgan fingerprint density at radius 1 is 1.55 bits per heavy atom. The van der Waals surface area contributed by atoms with Gasteiger partial charge in [0.1, 0.15) is 4.99 Å². The van der Waals surface area contributed by atoms with Gasteiger partial charge in [-0.3, -0.25) is 4.79 Å². The van der Waals surface area contributed by atoms with Crippen LogP contribution in [0.15, 0.2) is 10.9 Å². The number of rotatable bonds is 5. The van der Waals surface area contributed by atoms with Crippen LogP contribution in [0.5, 0.6) is 0 Å². The number of aromatic nitrogens is 1. The molecule has 5 nitrogen and oxygen atoms in total. The third kappa shape index (κ3) is 3.08. The van der Waals surface area contributed by atoms with Crippen molar-refractivity contribution in [3.8, 4) is 0 Å². The predicted octanol–water partition coefficient (Wildman–Crippen LogP) is 0.507. The van der Waals surface area contributed by atoms with E-state index in [4.69, 9.17) is 22.7 Å². The van der Waals surface area contributed by atoms with Crippen molar-refractivity contribution in [3.63, 3.8) is 0 Å². The fourth-order valence-corrected chi connectivity index (χ4v) is 2.79. The predicted molar refractivity (Wildman–Crippen MR) is 83.1 cm³/mol. The fourth-order valence-electron chi connectivity index (χ4n) is 2.64. The number of methoxy groups -OCH3 is 1. The Bertz CT molecular complexity index is 568. The number of thiocarbonyl (C=S) groups is 1. The Balaban J connectivity index is 2.46. The van der Waals surface area contributed by atoms with Gasteiger partial charge < -0.3 is 19.9 Å². The van der Waals surface area contributed by atoms with Gasteiger partial charge in [0.05, 0.1) is 5.56 Å². The van der Waals surface area contributed by atoms with Crippen LogP contribution in [0.1, 0.15) is 23.2 Å². The molecule has 0 unspecified atom stereocenters. The molecule has 0 saturated carbocycles. The lowest BCUT2D eigenvalue weighted by Crippen LogP contribution is -2.37. The smallest absolute Gasteiger partial charge is 0.261 e. The second-order valence-electron chi connectivity index (χ2n) is 5.19. The molecule has 0 radical (unpaired) electrons. The molecule has 0 fully saturated rings. The van der Waals surface area contributed by atoms with Gasteiger partial charge in [0.25, 0.3) is 5.56 Å². The number of hydrogen-bond acceptors (Lipinski definition) is 4. The lowest BCUT2D eigenvalue weighted by Gasteiger charge is -2.28. The molecule has 6 heteroatoms. The number of likely N-dealkylation sites (N-methyl/N-ethyl adjacent to an activating group) is 1. The van der Waals surface area contributed by atoms with Crippen molar-refractivity contribution in [3.05, 3.63) is 33.2 Å². The summed E-state index contributed by atoms with van der Waals surface area (Å²) in [5.74, 6) is 0. The van der Waals surface area contributed by atoms with Crippen LogP contribution in [0.25, 0.3) is 0 Å². The molecule has 1 aliphatic heterocycles. The Morgan fingerprint density at radius 3 is 2.95 bits per heavy atom. The summed E-state index contributed by atoms with van der Waals surface area (Å²) in [6, 6.07) is 1.86. The summed E-state index contributed by atoms with van der Waals surface area (Å²) in [4.78, 5) is 14.9. The van der Waals surface area contributed by atoms with Gasteiger partial charge in [-0.2, -0.15) is 0 Å². The van der Waals surface area contributed by atoms with E-state index in [0.717, 1.165) is 37.2 Å². The van der Waals surface area contributed by atoms with Crippen molar-refractivity contribution in [2.45, 2.75) is 25.9 Å². The van der Waals surface area contributed by atoms with Crippen LogP contribution in [-0.4, -0.2) is 41.8 Å². The summed E-state index contributed by atoms with van der Waals surface area (Å²) in [6.07, 6.45) is 1.69. The van der Waals surface area contributed by atoms with Crippen molar-refractivity contribution in [2.24, 2.45) is 5.73 Å². The van der Waals surface area contributed by atoms with E-state index >= 15 is 0 Å². The molecule has 0 saturated heterocycles. The van der Waals surface area contributed by atoms with Crippen molar-refractivity contribution in [1.29, 1.82) is 0 Å². The number of nitrogens with two attached hydrogens (primary N) is 1. The number of fused-ring (bicyclic) bond motifs is 1. The maximum atomic E-state index is 12.5. The molecule has 1 aliphatic rings. The minimum atomic E-state index is -0.0723. The normalized spacial score (nSPS) is 15.1. The van der Waals surface area contributed by atoms with Crippen molar-refractivity contribution in [1.82, 2.24) is 9.47 Å². The third-order valence-corrected chi connectivity index (χ3v) is 3.88. The van der Waals surface area contributed by atoms with Gasteiger partial charge in [-0.05, 0) is 25.1 Å². The van der Waals surface area contributed by atoms with E-state index in [0.29, 0.717) is 18.7 Å². The monoisotopic (exact) mass is 295 g/mol. The summed E-state index contributed by atoms with van der Waals surface area (Å²) < 4.78 is 6.90. The maximum absolute atomic E-state index is 12.5. The Labute approximate surface area is 124 Å². The number of pyridine rings is 1. The van der Waals surface area contributed by atoms with Crippen molar-refractivity contribution < 1.29 is 4.74 Å². The van der Waals surface area contributed by atoms with Crippen LogP contribution in [0.3, 0.4) is 0 Å². The zero-order valence-electron chi connectivity index (χ0n) is 12.0. The van der Waals surface area contributed by atoms with Crippen LogP contribution in [-0.2, 0) is 24.2 Å². The minimum Gasteiger partial charge on any atom is -0.389 e. The van der Waals surface area contributed by atoms with Gasteiger partial charge in [-0.15, -0.1) is 0 Å². The van der Waals surface area contributed by atoms with Crippen LogP contribution in [0.4, 0.5) is 0 Å². The van der Waals surface area contributed by atoms with Gasteiger partial charge >= 0.3 is 0 Å². The largest absolute Gasteiger partial charge is 0.389 e. The molecule has 1 aromatic heterocycles. The molecule has 0 bridgehead atoms. The average molecular weight is 295 g/mol. The minimum absolute atomic E-state index is 0.0723. The van der Waals surface area contributed by atoms with E-state index in [-0.39, 0.29) is 10.5 Å². The first-order valence-electron chi connectivity index (χ1n) is 6.77. The Morgan fingerprint density at radius 2 is 2.30 bits per heavy atom. The molecule has 0 atom stereocenters. The van der Waals surface area contributed by atoms with Gasteiger partial charge in [0.2, 0.25) is 0 Å². The lowest BCUT2D eigenvalue weighted by molar-refractivity contribution is 0.189. The van der Waals surface area contributed by atoms with Crippen molar-refractivity contribution >= 4 is 17.2 Å². The number of nitrogens with zero attached hydrogens (tertiary/aromatic N) is 2. The highest BCUT2D eigenvalue weighted by Gasteiger charge is 2.20. The lowest BCUT2D eigenvalue weighted by atomic mass is 10.0. The summed E-state index contributed by atoms with van der Waals surface area (Å²) in [5.41, 5.74) is 8.33. The maximum Gasteiger partial charge on any atom is 0.261 e. The van der Waals surface area contributed by atoms with E-state index in [1.807, 2.05) is 10.6 Å². The molecule has 2 rings (SSSR count). The Kier molecular flexibility index (Phi) is 4.91. The van der Waals surface area contributed by atoms with E-state index in [1.54, 1.807) is 7.11 Å². The molecular formula is C14H21N3O2S. The molecule has 0 aromatic carbocycles. The van der Waals surface area contributed by atoms with E-state index < -0.39 is 0 Å². The molecule has 0 spiro atoms. The quantitative estimate of drug-likeness (QED) is 0.633. The molecule has 2 N–H and O–H groups in total. The highest BCUT2D eigenvalue weighted by Crippen LogP contribution is 2.18. The SMILES string of the molecule is COCCCn1c2c(cc(C(N)=S)c1=O)CN(C)CC2. The summed E-state index contributed by atoms with van der Waals surface area (Å²) in [7, 11) is 3.74. The molecule has 20 heavy (non-hydrogen) atoms. The number of ether oxygens (including phenoxy) is 1. The molecule has 110 valence electrons. The topological polar surface area (TPSA) is 60.5 Å². The van der Waals surface area contributed by atoms with Gasteiger partial charge in [-0.1, -0.05) is 12.2 Å². The fraction of sp³-hybridized carbons (Fsp3) is 0.571. The summed E-state index contributed by atoms with van der Waals surface area (Å²) in [6.45, 7) is 3.08. The van der Waals surface area contributed by atoms with Gasteiger partial charge in [0.15, 0.2) is 0 Å². The second kappa shape index (κ2) is 6.47. The molecule has 2 heterocycles. The second-order valence-corrected chi connectivity index (χ2v) is 5.62. The highest BCUT2D eigenvalue weighted by atomic mass is 32.1. The van der Waals surface area contributed by atoms with Crippen LogP contribution < -0.4 is 11.3 Å². The number of hydrogen-bond donors (Lipinski definition) is 1. The van der Waals surface area contributed by atoms with Crippen LogP contribution >= 0.6 is 12.2 Å². The van der Waals surface area contributed by atoms with Crippen LogP contribution in [0.2, 0.25) is 0 Å². The summed E-state index contributed by atoms with van der Waals surface area (Å²) in [5, 5.41) is 0. The molecule has 0 aliphatic carbocycles. The van der Waals surface area contributed by atoms with Gasteiger partial charge in [-0.25, -0.2) is 0 Å². The first kappa shape index (κ1) is 15.2. The van der Waals surface area contributed by atoms with E-state index in [2.05, 4.69) is 11.9 Å². The Hall–Kier alpha value is -1.24. The third-order valence-electron chi connectivity index (χ3n) is 3.66. The van der Waals surface area contributed by atoms with Crippen LogP contribution in [0, 0.1) is 0 Å². The standard InChI is InChI=1S/C14H21N3O2S/c1-16-6-4-12-10(9-16)8-11(13(15)20)14(18)17(12)5-3-7-19-2/h8H,3-7,9H2,1-2H3,(H2,15,20). The first-order valence-corrected chi connectivity index (χ1v) is 7.18. The van der Waals surface area contributed by atoms with Gasteiger partial charge in [0, 0.05) is 45.5 Å². The van der Waals surface area contributed by atoms with E-state index in [1.165, 1.54) is 0 Å². The molecule has 0 amide bonds. The zero-order valence-corrected chi connectivity index (χ0v) is 12.8. The van der Waals surface area contributed by atoms with Crippen molar-refractivity contribution in [2.75, 3.05) is 27.3 Å². The highest BCUT2D eigenvalue weighted by molar-refractivity contribution is 7.80. The first-order chi connectivity index (χ1) is 9.54. The van der Waals surface area contributed by atoms with E-state index in [9.17, 15) is 4.79 Å². The molecule has 1 aromatic rings. The summed E-state index contributed by atoms with van der Waals surface area (Å²) >= 11 is 5.01. The average Bonchev–Trinajstić information content (AvgIpc) is 2.40. The zero-order chi connectivity index (χ0) is 14.7. The molecular weight excluding hydrogens is 274 g/mol.